The number of ether oxygens (including phenoxy) is 1. The van der Waals surface area contributed by atoms with Crippen LogP contribution in [0.2, 0.25) is 0 Å². The molecule has 0 unspecified atom stereocenters. The Balaban J connectivity index is 2.49. The number of carbonyl (C=O) groups excluding carboxylic acids is 2. The molecule has 2 amide bonds. The molecule has 0 radical (unpaired) electrons. The van der Waals surface area contributed by atoms with Crippen LogP contribution in [0.4, 0.5) is 4.79 Å². The van der Waals surface area contributed by atoms with Crippen LogP contribution in [0.25, 0.3) is 0 Å². The summed E-state index contributed by atoms with van der Waals surface area (Å²) < 4.78 is 4.54. The van der Waals surface area contributed by atoms with Crippen molar-refractivity contribution in [3.8, 4) is 0 Å². The smallest absolute Gasteiger partial charge is 0.405 e. The lowest BCUT2D eigenvalue weighted by molar-refractivity contribution is -0.133. The Morgan fingerprint density at radius 3 is 2.82 bits per heavy atom. The molecular weight excluding hydrogens is 148 g/mol. The predicted octanol–water partition coefficient (Wildman–Crippen LogP) is -0.688. The van der Waals surface area contributed by atoms with Crippen LogP contribution in [0.15, 0.2) is 0 Å². The molecule has 1 aliphatic rings. The van der Waals surface area contributed by atoms with Crippen LogP contribution >= 0.6 is 0 Å². The first-order chi connectivity index (χ1) is 5.11. The Hall–Kier alpha value is -1.26. The molecule has 0 spiro atoms. The molecule has 1 rings (SSSR count). The van der Waals surface area contributed by atoms with Gasteiger partial charge in [0.15, 0.2) is 6.10 Å². The first kappa shape index (κ1) is 7.84. The Bertz CT molecular complexity index is 192. The van der Waals surface area contributed by atoms with Gasteiger partial charge in [-0.15, -0.1) is 0 Å². The lowest BCUT2D eigenvalue weighted by Gasteiger charge is -2.08. The Morgan fingerprint density at radius 1 is 1.82 bits per heavy atom. The van der Waals surface area contributed by atoms with Gasteiger partial charge in [-0.1, -0.05) is 0 Å². The molecule has 2 N–H and O–H groups in total. The number of hydrogen-bond acceptors (Lipinski definition) is 3. The van der Waals surface area contributed by atoms with E-state index in [-0.39, 0.29) is 5.91 Å². The zero-order chi connectivity index (χ0) is 8.43. The van der Waals surface area contributed by atoms with E-state index in [1.807, 2.05) is 0 Å². The quantitative estimate of drug-likeness (QED) is 0.549. The molecule has 1 fully saturated rings. The standard InChI is InChI=1S/C6H10N2O3/c1-8-3-2-4(5(8)9)11-6(7)10/h4H,2-3H2,1H3,(H2,7,10)/t4-/m1/s1. The van der Waals surface area contributed by atoms with Gasteiger partial charge in [-0.3, -0.25) is 4.79 Å². The van der Waals surface area contributed by atoms with Crippen LogP contribution in [0.1, 0.15) is 6.42 Å². The monoisotopic (exact) mass is 158 g/mol. The second-order valence-corrected chi connectivity index (χ2v) is 2.47. The normalized spacial score (nSPS) is 23.9. The van der Waals surface area contributed by atoms with Gasteiger partial charge < -0.3 is 15.4 Å². The van der Waals surface area contributed by atoms with Crippen molar-refractivity contribution in [3.63, 3.8) is 0 Å². The maximum atomic E-state index is 11.0. The Kier molecular flexibility index (Phi) is 1.98. The summed E-state index contributed by atoms with van der Waals surface area (Å²) >= 11 is 0. The highest BCUT2D eigenvalue weighted by molar-refractivity contribution is 5.84. The average molecular weight is 158 g/mol. The maximum absolute atomic E-state index is 11.0. The molecule has 5 heteroatoms. The van der Waals surface area contributed by atoms with Gasteiger partial charge in [-0.2, -0.15) is 0 Å². The van der Waals surface area contributed by atoms with Gasteiger partial charge in [-0.05, 0) is 0 Å². The van der Waals surface area contributed by atoms with E-state index in [1.54, 1.807) is 7.05 Å². The third-order valence-electron chi connectivity index (χ3n) is 1.64. The molecule has 0 aromatic carbocycles. The molecule has 1 saturated heterocycles. The number of amides is 2. The van der Waals surface area contributed by atoms with E-state index in [4.69, 9.17) is 5.73 Å². The summed E-state index contributed by atoms with van der Waals surface area (Å²) in [6.07, 6.45) is -1.01. The average Bonchev–Trinajstić information content (AvgIpc) is 2.18. The van der Waals surface area contributed by atoms with Crippen LogP contribution in [0.5, 0.6) is 0 Å². The molecular formula is C6H10N2O3. The number of likely N-dealkylation sites (tertiary alicyclic amines) is 1. The Labute approximate surface area is 64.1 Å². The maximum Gasteiger partial charge on any atom is 0.405 e. The summed E-state index contributed by atoms with van der Waals surface area (Å²) in [5.41, 5.74) is 4.75. The van der Waals surface area contributed by atoms with Gasteiger partial charge in [0, 0.05) is 20.0 Å². The van der Waals surface area contributed by atoms with Crippen LogP contribution in [0, 0.1) is 0 Å². The van der Waals surface area contributed by atoms with E-state index >= 15 is 0 Å². The fourth-order valence-corrected chi connectivity index (χ4v) is 1.04. The van der Waals surface area contributed by atoms with E-state index < -0.39 is 12.2 Å². The summed E-state index contributed by atoms with van der Waals surface area (Å²) in [7, 11) is 1.66. The molecule has 0 aromatic rings. The van der Waals surface area contributed by atoms with E-state index in [9.17, 15) is 9.59 Å². The van der Waals surface area contributed by atoms with Crippen LogP contribution in [-0.4, -0.2) is 36.6 Å². The number of hydrogen-bond donors (Lipinski definition) is 1. The zero-order valence-electron chi connectivity index (χ0n) is 6.24. The molecule has 0 aromatic heterocycles. The summed E-state index contributed by atoms with van der Waals surface area (Å²) in [6, 6.07) is 0. The second-order valence-electron chi connectivity index (χ2n) is 2.47. The van der Waals surface area contributed by atoms with Crippen LogP contribution < -0.4 is 5.73 Å². The molecule has 0 bridgehead atoms. The van der Waals surface area contributed by atoms with E-state index in [2.05, 4.69) is 4.74 Å². The van der Waals surface area contributed by atoms with Gasteiger partial charge >= 0.3 is 6.09 Å². The number of primary amides is 1. The van der Waals surface area contributed by atoms with Gasteiger partial charge in [0.05, 0.1) is 0 Å². The third kappa shape index (κ3) is 1.60. The molecule has 0 saturated carbocycles. The first-order valence-corrected chi connectivity index (χ1v) is 3.32. The van der Waals surface area contributed by atoms with E-state index in [1.165, 1.54) is 4.90 Å². The topological polar surface area (TPSA) is 72.6 Å². The number of carbonyl (C=O) groups is 2. The number of nitrogens with two attached hydrogens (primary N) is 1. The van der Waals surface area contributed by atoms with Crippen molar-refractivity contribution < 1.29 is 14.3 Å². The van der Waals surface area contributed by atoms with Gasteiger partial charge in [-0.25, -0.2) is 4.79 Å². The predicted molar refractivity (Wildman–Crippen MR) is 36.7 cm³/mol. The fraction of sp³-hybridized carbons (Fsp3) is 0.667. The summed E-state index contributed by atoms with van der Waals surface area (Å²) in [5, 5.41) is 0. The molecule has 1 heterocycles. The molecule has 62 valence electrons. The highest BCUT2D eigenvalue weighted by atomic mass is 16.6. The number of rotatable bonds is 1. The van der Waals surface area contributed by atoms with Gasteiger partial charge in [0.2, 0.25) is 0 Å². The molecule has 0 aliphatic carbocycles. The summed E-state index contributed by atoms with van der Waals surface area (Å²) in [4.78, 5) is 22.8. The van der Waals surface area contributed by atoms with Crippen molar-refractivity contribution in [1.82, 2.24) is 4.90 Å². The lowest BCUT2D eigenvalue weighted by Crippen LogP contribution is -2.31. The van der Waals surface area contributed by atoms with Crippen molar-refractivity contribution in [2.45, 2.75) is 12.5 Å². The summed E-state index contributed by atoms with van der Waals surface area (Å²) in [5.74, 6) is -0.177. The molecule has 5 nitrogen and oxygen atoms in total. The highest BCUT2D eigenvalue weighted by Crippen LogP contribution is 2.11. The van der Waals surface area contributed by atoms with Gasteiger partial charge in [0.25, 0.3) is 5.91 Å². The lowest BCUT2D eigenvalue weighted by atomic mass is 10.3. The minimum absolute atomic E-state index is 0.177. The molecule has 1 aliphatic heterocycles. The molecule has 1 atom stereocenters. The van der Waals surface area contributed by atoms with Gasteiger partial charge in [0.1, 0.15) is 0 Å². The van der Waals surface area contributed by atoms with Crippen LogP contribution in [0.3, 0.4) is 0 Å². The summed E-state index contributed by atoms with van der Waals surface area (Å²) in [6.45, 7) is 0.622. The second kappa shape index (κ2) is 2.77. The Morgan fingerprint density at radius 2 is 2.45 bits per heavy atom. The van der Waals surface area contributed by atoms with E-state index in [0.717, 1.165) is 0 Å². The SMILES string of the molecule is CN1CC[C@@H](OC(N)=O)C1=O. The largest absolute Gasteiger partial charge is 0.436 e. The third-order valence-corrected chi connectivity index (χ3v) is 1.64. The minimum atomic E-state index is -0.890. The highest BCUT2D eigenvalue weighted by Gasteiger charge is 2.31. The van der Waals surface area contributed by atoms with Crippen molar-refractivity contribution >= 4 is 12.0 Å². The van der Waals surface area contributed by atoms with Crippen molar-refractivity contribution in [3.05, 3.63) is 0 Å². The van der Waals surface area contributed by atoms with Crippen molar-refractivity contribution in [1.29, 1.82) is 0 Å². The minimum Gasteiger partial charge on any atom is -0.436 e. The van der Waals surface area contributed by atoms with Crippen molar-refractivity contribution in [2.75, 3.05) is 13.6 Å². The molecule has 11 heavy (non-hydrogen) atoms. The zero-order valence-corrected chi connectivity index (χ0v) is 6.24. The number of nitrogens with zero attached hydrogens (tertiary/aromatic N) is 1. The fourth-order valence-electron chi connectivity index (χ4n) is 1.04. The number of likely N-dealkylation sites (N-methyl/N-ethyl adjacent to an activating group) is 1. The van der Waals surface area contributed by atoms with Crippen molar-refractivity contribution in [2.24, 2.45) is 5.73 Å². The van der Waals surface area contributed by atoms with Crippen LogP contribution in [-0.2, 0) is 9.53 Å². The first-order valence-electron chi connectivity index (χ1n) is 3.32. The van der Waals surface area contributed by atoms with E-state index in [0.29, 0.717) is 13.0 Å².